The van der Waals surface area contributed by atoms with Crippen LogP contribution >= 0.6 is 23.4 Å². The topological polar surface area (TPSA) is 40.7 Å². The standard InChI is InChI=1S/C14H18ClN3S/c1-2-7-16-8-12-9-17-14(18-12)10-19-13-5-3-11(15)4-6-13/h3-6,9,16H,2,7-8,10H2,1H3,(H,17,18). The number of nitrogens with one attached hydrogen (secondary N) is 2. The summed E-state index contributed by atoms with van der Waals surface area (Å²) >= 11 is 7.61. The second kappa shape index (κ2) is 7.58. The fraction of sp³-hybridized carbons (Fsp3) is 0.357. The molecule has 0 aliphatic heterocycles. The minimum absolute atomic E-state index is 0.770. The SMILES string of the molecule is CCCNCc1cnc(CSc2ccc(Cl)cc2)[nH]1. The van der Waals surface area contributed by atoms with E-state index in [0.717, 1.165) is 41.8 Å². The van der Waals surface area contributed by atoms with E-state index in [1.165, 1.54) is 4.90 Å². The molecule has 0 aliphatic rings. The van der Waals surface area contributed by atoms with E-state index in [4.69, 9.17) is 11.6 Å². The van der Waals surface area contributed by atoms with E-state index in [9.17, 15) is 0 Å². The summed E-state index contributed by atoms with van der Waals surface area (Å²) in [5, 5.41) is 4.12. The average Bonchev–Trinajstić information content (AvgIpc) is 2.86. The molecule has 3 nitrogen and oxygen atoms in total. The molecule has 0 fully saturated rings. The molecule has 2 rings (SSSR count). The highest BCUT2D eigenvalue weighted by atomic mass is 35.5. The zero-order valence-corrected chi connectivity index (χ0v) is 12.5. The quantitative estimate of drug-likeness (QED) is 0.602. The van der Waals surface area contributed by atoms with E-state index < -0.39 is 0 Å². The summed E-state index contributed by atoms with van der Waals surface area (Å²) in [6.07, 6.45) is 3.05. The monoisotopic (exact) mass is 295 g/mol. The van der Waals surface area contributed by atoms with E-state index in [2.05, 4.69) is 22.2 Å². The summed E-state index contributed by atoms with van der Waals surface area (Å²) < 4.78 is 0. The molecular weight excluding hydrogens is 278 g/mol. The van der Waals surface area contributed by atoms with Crippen LogP contribution in [0.4, 0.5) is 0 Å². The first-order valence-electron chi connectivity index (χ1n) is 6.39. The second-order valence-corrected chi connectivity index (χ2v) is 5.76. The van der Waals surface area contributed by atoms with Crippen LogP contribution in [-0.2, 0) is 12.3 Å². The summed E-state index contributed by atoms with van der Waals surface area (Å²) in [5.74, 6) is 1.85. The van der Waals surface area contributed by atoms with Crippen LogP contribution in [0.2, 0.25) is 5.02 Å². The zero-order valence-electron chi connectivity index (χ0n) is 10.9. The highest BCUT2D eigenvalue weighted by molar-refractivity contribution is 7.98. The van der Waals surface area contributed by atoms with Crippen LogP contribution in [0.1, 0.15) is 24.9 Å². The number of nitrogens with zero attached hydrogens (tertiary/aromatic N) is 1. The van der Waals surface area contributed by atoms with Gasteiger partial charge in [0, 0.05) is 28.4 Å². The van der Waals surface area contributed by atoms with Crippen molar-refractivity contribution < 1.29 is 0 Å². The number of hydrogen-bond donors (Lipinski definition) is 2. The highest BCUT2D eigenvalue weighted by Crippen LogP contribution is 2.23. The molecule has 0 radical (unpaired) electrons. The third kappa shape index (κ3) is 4.90. The van der Waals surface area contributed by atoms with Crippen molar-refractivity contribution in [3.8, 4) is 0 Å². The van der Waals surface area contributed by atoms with E-state index >= 15 is 0 Å². The van der Waals surface area contributed by atoms with Gasteiger partial charge in [0.25, 0.3) is 0 Å². The lowest BCUT2D eigenvalue weighted by Crippen LogP contribution is -2.13. The molecule has 0 saturated heterocycles. The van der Waals surface area contributed by atoms with Gasteiger partial charge in [0.15, 0.2) is 0 Å². The van der Waals surface area contributed by atoms with Crippen molar-refractivity contribution >= 4 is 23.4 Å². The summed E-state index contributed by atoms with van der Waals surface area (Å²) in [7, 11) is 0. The number of H-pyrrole nitrogens is 1. The average molecular weight is 296 g/mol. The lowest BCUT2D eigenvalue weighted by Gasteiger charge is -2.00. The van der Waals surface area contributed by atoms with Crippen molar-refractivity contribution in [3.63, 3.8) is 0 Å². The molecule has 5 heteroatoms. The van der Waals surface area contributed by atoms with Gasteiger partial charge >= 0.3 is 0 Å². The maximum atomic E-state index is 5.86. The van der Waals surface area contributed by atoms with Gasteiger partial charge in [0.05, 0.1) is 5.75 Å². The van der Waals surface area contributed by atoms with Crippen LogP contribution in [0.3, 0.4) is 0 Å². The third-order valence-electron chi connectivity index (χ3n) is 2.61. The minimum Gasteiger partial charge on any atom is -0.344 e. The molecule has 1 heterocycles. The summed E-state index contributed by atoms with van der Waals surface area (Å²) in [6.45, 7) is 4.05. The number of hydrogen-bond acceptors (Lipinski definition) is 3. The Morgan fingerprint density at radius 1 is 1.32 bits per heavy atom. The van der Waals surface area contributed by atoms with Gasteiger partial charge in [-0.3, -0.25) is 0 Å². The Morgan fingerprint density at radius 3 is 2.84 bits per heavy atom. The Bertz CT molecular complexity index is 496. The molecular formula is C14H18ClN3S. The molecule has 0 atom stereocenters. The predicted octanol–water partition coefficient (Wildman–Crippen LogP) is 3.86. The smallest absolute Gasteiger partial charge is 0.116 e. The normalized spacial score (nSPS) is 10.8. The van der Waals surface area contributed by atoms with Crippen LogP contribution in [0, 0.1) is 0 Å². The van der Waals surface area contributed by atoms with Crippen LogP contribution in [0.25, 0.3) is 0 Å². The predicted molar refractivity (Wildman–Crippen MR) is 81.6 cm³/mol. The van der Waals surface area contributed by atoms with Gasteiger partial charge in [0.2, 0.25) is 0 Å². The molecule has 1 aromatic heterocycles. The Balaban J connectivity index is 1.81. The molecule has 2 N–H and O–H groups in total. The van der Waals surface area contributed by atoms with Crippen LogP contribution < -0.4 is 5.32 Å². The molecule has 102 valence electrons. The fourth-order valence-electron chi connectivity index (χ4n) is 1.65. The van der Waals surface area contributed by atoms with Gasteiger partial charge in [-0.15, -0.1) is 11.8 Å². The van der Waals surface area contributed by atoms with Crippen molar-refractivity contribution in [2.75, 3.05) is 6.54 Å². The third-order valence-corrected chi connectivity index (χ3v) is 3.89. The van der Waals surface area contributed by atoms with Crippen molar-refractivity contribution in [3.05, 3.63) is 47.0 Å². The van der Waals surface area contributed by atoms with Gasteiger partial charge in [-0.2, -0.15) is 0 Å². The van der Waals surface area contributed by atoms with Crippen LogP contribution in [0.15, 0.2) is 35.4 Å². The van der Waals surface area contributed by atoms with Crippen molar-refractivity contribution in [1.29, 1.82) is 0 Å². The summed E-state index contributed by atoms with van der Waals surface area (Å²) in [4.78, 5) is 8.92. The van der Waals surface area contributed by atoms with Gasteiger partial charge < -0.3 is 10.3 Å². The number of aromatic nitrogens is 2. The van der Waals surface area contributed by atoms with Crippen molar-refractivity contribution in [2.45, 2.75) is 30.5 Å². The largest absolute Gasteiger partial charge is 0.344 e. The number of aromatic amines is 1. The fourth-order valence-corrected chi connectivity index (χ4v) is 2.56. The second-order valence-electron chi connectivity index (χ2n) is 4.27. The lowest BCUT2D eigenvalue weighted by molar-refractivity contribution is 0.666. The zero-order chi connectivity index (χ0) is 13.5. The van der Waals surface area contributed by atoms with E-state index in [0.29, 0.717) is 0 Å². The first-order chi connectivity index (χ1) is 9.28. The Labute approximate surface area is 123 Å². The van der Waals surface area contributed by atoms with Gasteiger partial charge in [-0.05, 0) is 37.2 Å². The van der Waals surface area contributed by atoms with Gasteiger partial charge in [0.1, 0.15) is 5.82 Å². The Morgan fingerprint density at radius 2 is 2.11 bits per heavy atom. The molecule has 0 amide bonds. The Kier molecular flexibility index (Phi) is 5.76. The van der Waals surface area contributed by atoms with Crippen molar-refractivity contribution in [2.24, 2.45) is 0 Å². The molecule has 19 heavy (non-hydrogen) atoms. The lowest BCUT2D eigenvalue weighted by atomic mass is 10.4. The molecule has 2 aromatic rings. The summed E-state index contributed by atoms with van der Waals surface area (Å²) in [6, 6.07) is 7.87. The highest BCUT2D eigenvalue weighted by Gasteiger charge is 2.02. The molecule has 0 bridgehead atoms. The van der Waals surface area contributed by atoms with E-state index in [-0.39, 0.29) is 0 Å². The number of rotatable bonds is 7. The number of benzene rings is 1. The van der Waals surface area contributed by atoms with Crippen molar-refractivity contribution in [1.82, 2.24) is 15.3 Å². The molecule has 0 spiro atoms. The Hall–Kier alpha value is -0.970. The minimum atomic E-state index is 0.770. The molecule has 1 aromatic carbocycles. The van der Waals surface area contributed by atoms with Crippen LogP contribution in [-0.4, -0.2) is 16.5 Å². The molecule has 0 unspecified atom stereocenters. The maximum absolute atomic E-state index is 5.86. The van der Waals surface area contributed by atoms with Gasteiger partial charge in [-0.25, -0.2) is 4.98 Å². The first-order valence-corrected chi connectivity index (χ1v) is 7.76. The van der Waals surface area contributed by atoms with E-state index in [1.807, 2.05) is 30.5 Å². The van der Waals surface area contributed by atoms with Crippen LogP contribution in [0.5, 0.6) is 0 Å². The molecule has 0 saturated carbocycles. The number of imidazole rings is 1. The van der Waals surface area contributed by atoms with Gasteiger partial charge in [-0.1, -0.05) is 18.5 Å². The first kappa shape index (κ1) is 14.4. The molecule has 0 aliphatic carbocycles. The summed E-state index contributed by atoms with van der Waals surface area (Å²) in [5.41, 5.74) is 1.14. The number of thioether (sulfide) groups is 1. The van der Waals surface area contributed by atoms with E-state index in [1.54, 1.807) is 11.8 Å². The maximum Gasteiger partial charge on any atom is 0.116 e. The number of halogens is 1.